The van der Waals surface area contributed by atoms with Crippen LogP contribution in [0.25, 0.3) is 11.2 Å². The Balaban J connectivity index is 1.74. The summed E-state index contributed by atoms with van der Waals surface area (Å²) in [6.07, 6.45) is 3.71. The van der Waals surface area contributed by atoms with Crippen LogP contribution in [-0.4, -0.2) is 19.5 Å². The van der Waals surface area contributed by atoms with Crippen LogP contribution in [0.15, 0.2) is 24.5 Å². The fraction of sp³-hybridized carbons (Fsp3) is 0.267. The van der Waals surface area contributed by atoms with E-state index in [-0.39, 0.29) is 12.0 Å². The second kappa shape index (κ2) is 4.84. The monoisotopic (exact) mass is 314 g/mol. The van der Waals surface area contributed by atoms with Crippen molar-refractivity contribution < 1.29 is 0 Å². The summed E-state index contributed by atoms with van der Waals surface area (Å²) >= 11 is 6.06. The number of nitrogens with two attached hydrogens (primary N) is 1. The number of aryl methyl sites for hydroxylation is 2. The Hall–Kier alpha value is -2.34. The zero-order chi connectivity index (χ0) is 15.3. The molecule has 1 aliphatic rings. The van der Waals surface area contributed by atoms with E-state index in [4.69, 9.17) is 17.3 Å². The van der Waals surface area contributed by atoms with Gasteiger partial charge in [-0.05, 0) is 36.1 Å². The molecule has 1 aliphatic carbocycles. The summed E-state index contributed by atoms with van der Waals surface area (Å²) in [5, 5.41) is 4.24. The van der Waals surface area contributed by atoms with Crippen LogP contribution in [0.3, 0.4) is 0 Å². The first-order valence-electron chi connectivity index (χ1n) is 7.11. The number of rotatable bonds is 2. The SMILES string of the molecule is Cn1cnc2c(N[C@@H]3CCc4cc(Cl)ccc43)nc(N)nc21. The first-order chi connectivity index (χ1) is 10.6. The number of hydrogen-bond acceptors (Lipinski definition) is 5. The number of nitrogens with one attached hydrogen (secondary N) is 1. The topological polar surface area (TPSA) is 81.7 Å². The van der Waals surface area contributed by atoms with E-state index in [9.17, 15) is 0 Å². The van der Waals surface area contributed by atoms with E-state index in [1.807, 2.05) is 23.7 Å². The number of anilines is 2. The molecule has 112 valence electrons. The highest BCUT2D eigenvalue weighted by Crippen LogP contribution is 2.36. The van der Waals surface area contributed by atoms with Crippen LogP contribution in [0, 0.1) is 0 Å². The van der Waals surface area contributed by atoms with E-state index in [0.29, 0.717) is 5.82 Å². The Morgan fingerprint density at radius 3 is 3.09 bits per heavy atom. The largest absolute Gasteiger partial charge is 0.368 e. The van der Waals surface area contributed by atoms with Crippen LogP contribution in [-0.2, 0) is 13.5 Å². The molecule has 2 heterocycles. The van der Waals surface area contributed by atoms with Gasteiger partial charge in [0.25, 0.3) is 0 Å². The maximum absolute atomic E-state index is 6.06. The molecule has 3 aromatic rings. The zero-order valence-electron chi connectivity index (χ0n) is 12.0. The summed E-state index contributed by atoms with van der Waals surface area (Å²) in [5.74, 6) is 0.920. The fourth-order valence-corrected chi connectivity index (χ4v) is 3.22. The van der Waals surface area contributed by atoms with Gasteiger partial charge in [0.1, 0.15) is 0 Å². The number of nitrogen functional groups attached to an aromatic ring is 1. The molecule has 4 rings (SSSR count). The molecule has 0 amide bonds. The number of fused-ring (bicyclic) bond motifs is 2. The minimum Gasteiger partial charge on any atom is -0.368 e. The van der Waals surface area contributed by atoms with Crippen molar-refractivity contribution >= 4 is 34.5 Å². The van der Waals surface area contributed by atoms with Crippen LogP contribution in [0.2, 0.25) is 5.02 Å². The highest BCUT2D eigenvalue weighted by molar-refractivity contribution is 6.30. The molecule has 7 heteroatoms. The third-order valence-electron chi connectivity index (χ3n) is 4.07. The molecule has 1 atom stereocenters. The van der Waals surface area contributed by atoms with E-state index in [2.05, 4.69) is 26.3 Å². The summed E-state index contributed by atoms with van der Waals surface area (Å²) < 4.78 is 1.83. The Labute approximate surface area is 132 Å². The lowest BCUT2D eigenvalue weighted by Crippen LogP contribution is -2.10. The molecule has 1 aromatic carbocycles. The van der Waals surface area contributed by atoms with E-state index < -0.39 is 0 Å². The summed E-state index contributed by atoms with van der Waals surface area (Å²) in [7, 11) is 1.89. The second-order valence-corrected chi connectivity index (χ2v) is 5.97. The molecule has 0 fully saturated rings. The van der Waals surface area contributed by atoms with Crippen molar-refractivity contribution in [1.29, 1.82) is 0 Å². The van der Waals surface area contributed by atoms with Gasteiger partial charge in [0.15, 0.2) is 17.0 Å². The standard InChI is InChI=1S/C15H15ClN6/c1-22-7-18-12-13(20-15(17)21-14(12)22)19-11-5-2-8-6-9(16)3-4-10(8)11/h3-4,6-7,11H,2,5H2,1H3,(H3,17,19,20,21)/t11-/m1/s1. The van der Waals surface area contributed by atoms with Crippen LogP contribution in [0.4, 0.5) is 11.8 Å². The average molecular weight is 315 g/mol. The highest BCUT2D eigenvalue weighted by Gasteiger charge is 2.24. The van der Waals surface area contributed by atoms with Crippen molar-refractivity contribution in [2.45, 2.75) is 18.9 Å². The van der Waals surface area contributed by atoms with Gasteiger partial charge in [-0.1, -0.05) is 17.7 Å². The van der Waals surface area contributed by atoms with Gasteiger partial charge in [0.05, 0.1) is 12.4 Å². The van der Waals surface area contributed by atoms with E-state index in [1.165, 1.54) is 11.1 Å². The number of nitrogens with zero attached hydrogens (tertiary/aromatic N) is 4. The Kier molecular flexibility index (Phi) is 2.94. The predicted molar refractivity (Wildman–Crippen MR) is 86.9 cm³/mol. The average Bonchev–Trinajstić information content (AvgIpc) is 3.04. The molecule has 6 nitrogen and oxygen atoms in total. The van der Waals surface area contributed by atoms with Gasteiger partial charge in [-0.3, -0.25) is 0 Å². The maximum atomic E-state index is 6.06. The molecule has 2 aromatic heterocycles. The normalized spacial score (nSPS) is 16.9. The van der Waals surface area contributed by atoms with Crippen molar-refractivity contribution in [3.8, 4) is 0 Å². The molecule has 0 bridgehead atoms. The van der Waals surface area contributed by atoms with Crippen molar-refractivity contribution in [2.24, 2.45) is 7.05 Å². The van der Waals surface area contributed by atoms with E-state index >= 15 is 0 Å². The summed E-state index contributed by atoms with van der Waals surface area (Å²) in [4.78, 5) is 12.9. The van der Waals surface area contributed by atoms with Crippen molar-refractivity contribution in [3.63, 3.8) is 0 Å². The minimum atomic E-state index is 0.187. The van der Waals surface area contributed by atoms with Gasteiger partial charge in [0, 0.05) is 12.1 Å². The highest BCUT2D eigenvalue weighted by atomic mass is 35.5. The molecular weight excluding hydrogens is 300 g/mol. The Morgan fingerprint density at radius 1 is 1.36 bits per heavy atom. The number of benzene rings is 1. The van der Waals surface area contributed by atoms with Gasteiger partial charge >= 0.3 is 0 Å². The molecule has 0 radical (unpaired) electrons. The molecule has 3 N–H and O–H groups in total. The number of aromatic nitrogens is 4. The zero-order valence-corrected chi connectivity index (χ0v) is 12.8. The Morgan fingerprint density at radius 2 is 2.23 bits per heavy atom. The lowest BCUT2D eigenvalue weighted by atomic mass is 10.1. The predicted octanol–water partition coefficient (Wildman–Crippen LogP) is 2.70. The van der Waals surface area contributed by atoms with Gasteiger partial charge in [-0.2, -0.15) is 9.97 Å². The van der Waals surface area contributed by atoms with Gasteiger partial charge < -0.3 is 15.6 Å². The van der Waals surface area contributed by atoms with E-state index in [0.717, 1.165) is 29.0 Å². The molecule has 0 saturated heterocycles. The second-order valence-electron chi connectivity index (χ2n) is 5.54. The molecule has 0 spiro atoms. The van der Waals surface area contributed by atoms with Crippen molar-refractivity contribution in [3.05, 3.63) is 40.7 Å². The lowest BCUT2D eigenvalue weighted by molar-refractivity contribution is 0.758. The van der Waals surface area contributed by atoms with Crippen LogP contribution >= 0.6 is 11.6 Å². The van der Waals surface area contributed by atoms with Crippen molar-refractivity contribution in [1.82, 2.24) is 19.5 Å². The molecule has 0 saturated carbocycles. The molecular formula is C15H15ClN6. The van der Waals surface area contributed by atoms with Gasteiger partial charge in [-0.15, -0.1) is 0 Å². The number of imidazole rings is 1. The third kappa shape index (κ3) is 2.07. The van der Waals surface area contributed by atoms with Crippen LogP contribution in [0.1, 0.15) is 23.6 Å². The van der Waals surface area contributed by atoms with Crippen LogP contribution < -0.4 is 11.1 Å². The first kappa shape index (κ1) is 13.3. The van der Waals surface area contributed by atoms with E-state index in [1.54, 1.807) is 6.33 Å². The minimum absolute atomic E-state index is 0.187. The summed E-state index contributed by atoms with van der Waals surface area (Å²) in [6, 6.07) is 6.21. The maximum Gasteiger partial charge on any atom is 0.224 e. The summed E-state index contributed by atoms with van der Waals surface area (Å²) in [5.41, 5.74) is 9.82. The molecule has 22 heavy (non-hydrogen) atoms. The quantitative estimate of drug-likeness (QED) is 0.760. The van der Waals surface area contributed by atoms with Gasteiger partial charge in [-0.25, -0.2) is 4.98 Å². The number of halogens is 1. The molecule has 0 aliphatic heterocycles. The Bertz CT molecular complexity index is 872. The number of hydrogen-bond donors (Lipinski definition) is 2. The first-order valence-corrected chi connectivity index (χ1v) is 7.49. The fourth-order valence-electron chi connectivity index (χ4n) is 3.03. The van der Waals surface area contributed by atoms with Crippen molar-refractivity contribution in [2.75, 3.05) is 11.1 Å². The molecule has 0 unspecified atom stereocenters. The smallest absolute Gasteiger partial charge is 0.224 e. The van der Waals surface area contributed by atoms with Crippen LogP contribution in [0.5, 0.6) is 0 Å². The third-order valence-corrected chi connectivity index (χ3v) is 4.31. The van der Waals surface area contributed by atoms with Gasteiger partial charge in [0.2, 0.25) is 5.95 Å². The summed E-state index contributed by atoms with van der Waals surface area (Å²) in [6.45, 7) is 0. The lowest BCUT2D eigenvalue weighted by Gasteiger charge is -2.15.